The smallest absolute Gasteiger partial charge is 0.127 e. The van der Waals surface area contributed by atoms with Crippen LogP contribution in [0.2, 0.25) is 5.02 Å². The van der Waals surface area contributed by atoms with Crippen LogP contribution < -0.4 is 10.1 Å². The van der Waals surface area contributed by atoms with E-state index in [9.17, 15) is 0 Å². The molecule has 0 atom stereocenters. The predicted octanol–water partition coefficient (Wildman–Crippen LogP) is 5.01. The van der Waals surface area contributed by atoms with E-state index in [-0.39, 0.29) is 0 Å². The van der Waals surface area contributed by atoms with Gasteiger partial charge in [0.05, 0.1) is 0 Å². The van der Waals surface area contributed by atoms with E-state index in [2.05, 4.69) is 60.8 Å². The lowest BCUT2D eigenvalue weighted by Gasteiger charge is -2.11. The van der Waals surface area contributed by atoms with Crippen molar-refractivity contribution in [2.75, 3.05) is 19.7 Å². The lowest BCUT2D eigenvalue weighted by molar-refractivity contribution is 0.318. The second kappa shape index (κ2) is 8.18. The molecule has 0 spiro atoms. The number of hydrogen-bond donors (Lipinski definition) is 1. The van der Waals surface area contributed by atoms with Crippen molar-refractivity contribution in [2.45, 2.75) is 13.3 Å². The summed E-state index contributed by atoms with van der Waals surface area (Å²) < 4.78 is 5.96. The minimum atomic E-state index is 0.660. The van der Waals surface area contributed by atoms with E-state index in [1.165, 1.54) is 21.9 Å². The summed E-state index contributed by atoms with van der Waals surface area (Å²) in [6, 6.07) is 20.6. The van der Waals surface area contributed by atoms with E-state index in [4.69, 9.17) is 16.3 Å². The Morgan fingerprint density at radius 3 is 2.42 bits per heavy atom. The first-order valence-electron chi connectivity index (χ1n) is 8.30. The number of fused-ring (bicyclic) bond motifs is 1. The Kier molecular flexibility index (Phi) is 5.73. The molecule has 24 heavy (non-hydrogen) atoms. The standard InChI is InChI=1S/C21H22ClNO/c1-16-6-11-21(20-5-3-2-4-19(16)20)24-15-14-23-13-12-17-7-9-18(22)10-8-17/h2-11,23H,12-15H2,1H3. The molecule has 0 radical (unpaired) electrons. The fourth-order valence-electron chi connectivity index (χ4n) is 2.79. The molecule has 0 saturated carbocycles. The second-order valence-corrected chi connectivity index (χ2v) is 6.34. The molecule has 2 nitrogen and oxygen atoms in total. The highest BCUT2D eigenvalue weighted by atomic mass is 35.5. The first kappa shape index (κ1) is 16.8. The van der Waals surface area contributed by atoms with Crippen LogP contribution in [0.1, 0.15) is 11.1 Å². The molecule has 124 valence electrons. The van der Waals surface area contributed by atoms with Gasteiger partial charge in [-0.25, -0.2) is 0 Å². The van der Waals surface area contributed by atoms with Gasteiger partial charge in [-0.3, -0.25) is 0 Å². The molecular weight excluding hydrogens is 318 g/mol. The molecule has 0 unspecified atom stereocenters. The number of aryl methyl sites for hydroxylation is 1. The topological polar surface area (TPSA) is 21.3 Å². The van der Waals surface area contributed by atoms with E-state index < -0.39 is 0 Å². The van der Waals surface area contributed by atoms with Crippen LogP contribution in [0.15, 0.2) is 60.7 Å². The Balaban J connectivity index is 1.45. The number of rotatable bonds is 7. The molecule has 0 aromatic heterocycles. The highest BCUT2D eigenvalue weighted by Crippen LogP contribution is 2.27. The zero-order valence-corrected chi connectivity index (χ0v) is 14.6. The van der Waals surface area contributed by atoms with E-state index in [1.54, 1.807) is 0 Å². The molecule has 0 fully saturated rings. The fraction of sp³-hybridized carbons (Fsp3) is 0.238. The highest BCUT2D eigenvalue weighted by Gasteiger charge is 2.03. The summed E-state index contributed by atoms with van der Waals surface area (Å²) in [6.07, 6.45) is 0.991. The maximum Gasteiger partial charge on any atom is 0.127 e. The Bertz CT molecular complexity index is 799. The van der Waals surface area contributed by atoms with Crippen LogP contribution in [-0.4, -0.2) is 19.7 Å². The second-order valence-electron chi connectivity index (χ2n) is 5.90. The van der Waals surface area contributed by atoms with Crippen LogP contribution in [0.25, 0.3) is 10.8 Å². The third-order valence-electron chi connectivity index (χ3n) is 4.14. The SMILES string of the molecule is Cc1ccc(OCCNCCc2ccc(Cl)cc2)c2ccccc12. The van der Waals surface area contributed by atoms with Crippen LogP contribution in [0.5, 0.6) is 5.75 Å². The number of benzene rings is 3. The van der Waals surface area contributed by atoms with Crippen molar-refractivity contribution < 1.29 is 4.74 Å². The molecule has 3 aromatic carbocycles. The zero-order chi connectivity index (χ0) is 16.8. The van der Waals surface area contributed by atoms with Gasteiger partial charge < -0.3 is 10.1 Å². The predicted molar refractivity (Wildman–Crippen MR) is 102 cm³/mol. The zero-order valence-electron chi connectivity index (χ0n) is 13.9. The molecule has 0 amide bonds. The van der Waals surface area contributed by atoms with Gasteiger partial charge in [-0.15, -0.1) is 0 Å². The van der Waals surface area contributed by atoms with Crippen molar-refractivity contribution in [3.8, 4) is 5.75 Å². The molecule has 0 bridgehead atoms. The van der Waals surface area contributed by atoms with Gasteiger partial charge in [0, 0.05) is 17.0 Å². The van der Waals surface area contributed by atoms with Gasteiger partial charge in [-0.05, 0) is 54.6 Å². The number of hydrogen-bond acceptors (Lipinski definition) is 2. The summed E-state index contributed by atoms with van der Waals surface area (Å²) in [7, 11) is 0. The molecule has 0 aliphatic rings. The van der Waals surface area contributed by atoms with Crippen molar-refractivity contribution in [1.29, 1.82) is 0 Å². The number of nitrogens with one attached hydrogen (secondary N) is 1. The third kappa shape index (κ3) is 4.28. The monoisotopic (exact) mass is 339 g/mol. The fourth-order valence-corrected chi connectivity index (χ4v) is 2.92. The van der Waals surface area contributed by atoms with Crippen molar-refractivity contribution in [3.63, 3.8) is 0 Å². The minimum Gasteiger partial charge on any atom is -0.492 e. The summed E-state index contributed by atoms with van der Waals surface area (Å²) in [6.45, 7) is 4.55. The van der Waals surface area contributed by atoms with Crippen LogP contribution in [0.4, 0.5) is 0 Å². The largest absolute Gasteiger partial charge is 0.492 e. The van der Waals surface area contributed by atoms with Gasteiger partial charge in [0.25, 0.3) is 0 Å². The Labute approximate surface area is 148 Å². The summed E-state index contributed by atoms with van der Waals surface area (Å²) in [5.41, 5.74) is 2.57. The average molecular weight is 340 g/mol. The van der Waals surface area contributed by atoms with Gasteiger partial charge in [0.1, 0.15) is 12.4 Å². The van der Waals surface area contributed by atoms with E-state index in [0.29, 0.717) is 6.61 Å². The van der Waals surface area contributed by atoms with E-state index in [1.807, 2.05) is 12.1 Å². The van der Waals surface area contributed by atoms with Crippen molar-refractivity contribution >= 4 is 22.4 Å². The first-order valence-corrected chi connectivity index (χ1v) is 8.68. The van der Waals surface area contributed by atoms with Crippen molar-refractivity contribution in [2.24, 2.45) is 0 Å². The molecule has 1 N–H and O–H groups in total. The third-order valence-corrected chi connectivity index (χ3v) is 4.39. The molecular formula is C21H22ClNO. The Hall–Kier alpha value is -2.03. The average Bonchev–Trinajstić information content (AvgIpc) is 2.61. The van der Waals surface area contributed by atoms with Gasteiger partial charge in [0.2, 0.25) is 0 Å². The van der Waals surface area contributed by atoms with Gasteiger partial charge in [0.15, 0.2) is 0 Å². The molecule has 3 heteroatoms. The normalized spacial score (nSPS) is 10.9. The lowest BCUT2D eigenvalue weighted by atomic mass is 10.1. The summed E-state index contributed by atoms with van der Waals surface area (Å²) in [5.74, 6) is 0.954. The molecule has 0 heterocycles. The van der Waals surface area contributed by atoms with Gasteiger partial charge in [-0.2, -0.15) is 0 Å². The van der Waals surface area contributed by atoms with Gasteiger partial charge >= 0.3 is 0 Å². The quantitative estimate of drug-likeness (QED) is 0.611. The van der Waals surface area contributed by atoms with Gasteiger partial charge in [-0.1, -0.05) is 54.1 Å². The molecule has 3 rings (SSSR count). The van der Waals surface area contributed by atoms with Crippen LogP contribution in [-0.2, 0) is 6.42 Å². The molecule has 3 aromatic rings. The Morgan fingerprint density at radius 2 is 1.62 bits per heavy atom. The summed E-state index contributed by atoms with van der Waals surface area (Å²) in [4.78, 5) is 0. The van der Waals surface area contributed by atoms with Crippen LogP contribution in [0, 0.1) is 6.92 Å². The van der Waals surface area contributed by atoms with Crippen LogP contribution in [0.3, 0.4) is 0 Å². The molecule has 0 aliphatic carbocycles. The summed E-state index contributed by atoms with van der Waals surface area (Å²) in [5, 5.41) is 6.64. The maximum atomic E-state index is 5.96. The summed E-state index contributed by atoms with van der Waals surface area (Å²) >= 11 is 5.89. The maximum absolute atomic E-state index is 5.96. The minimum absolute atomic E-state index is 0.660. The highest BCUT2D eigenvalue weighted by molar-refractivity contribution is 6.30. The molecule has 0 aliphatic heterocycles. The number of ether oxygens (including phenoxy) is 1. The molecule has 0 saturated heterocycles. The lowest BCUT2D eigenvalue weighted by Crippen LogP contribution is -2.23. The first-order chi connectivity index (χ1) is 11.7. The van der Waals surface area contributed by atoms with E-state index >= 15 is 0 Å². The van der Waals surface area contributed by atoms with Crippen molar-refractivity contribution in [1.82, 2.24) is 5.32 Å². The number of halogens is 1. The van der Waals surface area contributed by atoms with E-state index in [0.717, 1.165) is 30.3 Å². The van der Waals surface area contributed by atoms with Crippen LogP contribution >= 0.6 is 11.6 Å². The Morgan fingerprint density at radius 1 is 0.875 bits per heavy atom. The van der Waals surface area contributed by atoms with Crippen molar-refractivity contribution in [3.05, 3.63) is 76.8 Å².